The number of nitrogens with one attached hydrogen (secondary N) is 2. The number of aromatic nitrogens is 2. The molecule has 0 saturated heterocycles. The Morgan fingerprint density at radius 3 is 2.59 bits per heavy atom. The van der Waals surface area contributed by atoms with Crippen molar-refractivity contribution in [3.05, 3.63) is 83.5 Å². The van der Waals surface area contributed by atoms with E-state index in [1.165, 1.54) is 36.8 Å². The third kappa shape index (κ3) is 5.06. The molecule has 0 radical (unpaired) electrons. The molecular formula is C23H20N4O5S2. The Morgan fingerprint density at radius 1 is 1.12 bits per heavy atom. The van der Waals surface area contributed by atoms with Crippen molar-refractivity contribution in [1.29, 1.82) is 0 Å². The van der Waals surface area contributed by atoms with Gasteiger partial charge in [0, 0.05) is 16.5 Å². The molecule has 0 saturated carbocycles. The third-order valence-electron chi connectivity index (χ3n) is 4.75. The minimum absolute atomic E-state index is 0.146. The second kappa shape index (κ2) is 10.00. The number of para-hydroxylation sites is 1. The highest BCUT2D eigenvalue weighted by Crippen LogP contribution is 2.28. The summed E-state index contributed by atoms with van der Waals surface area (Å²) in [5, 5.41) is 14.4. The molecule has 3 N–H and O–H groups in total. The predicted molar refractivity (Wildman–Crippen MR) is 129 cm³/mol. The molecule has 9 nitrogen and oxygen atoms in total. The van der Waals surface area contributed by atoms with Crippen LogP contribution in [-0.2, 0) is 16.6 Å². The first-order chi connectivity index (χ1) is 16.4. The molecule has 2 aromatic heterocycles. The Morgan fingerprint density at radius 2 is 1.85 bits per heavy atom. The standard InChI is InChI=1S/C23H20N4O5S2/c1-32-22-20(34(30,31)27-18-10-6-5-9-16(18)13-28)11-17(12-24-22)25-21(29)19-14-33-23(26-19)15-7-3-2-4-8-15/h2-12,14,27-28H,13H2,1H3,(H,25,29). The minimum Gasteiger partial charge on any atom is -0.480 e. The highest BCUT2D eigenvalue weighted by atomic mass is 32.2. The van der Waals surface area contributed by atoms with Crippen LogP contribution in [-0.4, -0.2) is 36.5 Å². The maximum absolute atomic E-state index is 13.1. The van der Waals surface area contributed by atoms with E-state index in [-0.39, 0.29) is 34.5 Å². The summed E-state index contributed by atoms with van der Waals surface area (Å²) in [5.74, 6) is -0.653. The summed E-state index contributed by atoms with van der Waals surface area (Å²) in [5.41, 5.74) is 1.85. The number of pyridine rings is 1. The van der Waals surface area contributed by atoms with Crippen LogP contribution in [0, 0.1) is 0 Å². The van der Waals surface area contributed by atoms with Crippen LogP contribution < -0.4 is 14.8 Å². The number of aliphatic hydroxyl groups is 1. The fraction of sp³-hybridized carbons (Fsp3) is 0.0870. The van der Waals surface area contributed by atoms with Gasteiger partial charge in [0.1, 0.15) is 10.7 Å². The lowest BCUT2D eigenvalue weighted by Gasteiger charge is -2.14. The number of anilines is 2. The van der Waals surface area contributed by atoms with Gasteiger partial charge in [0.25, 0.3) is 15.9 Å². The lowest BCUT2D eigenvalue weighted by Crippen LogP contribution is -2.17. The molecule has 34 heavy (non-hydrogen) atoms. The third-order valence-corrected chi connectivity index (χ3v) is 7.00. The van der Waals surface area contributed by atoms with Crippen LogP contribution in [0.25, 0.3) is 10.6 Å². The van der Waals surface area contributed by atoms with Gasteiger partial charge in [0.2, 0.25) is 5.88 Å². The number of sulfonamides is 1. The highest BCUT2D eigenvalue weighted by molar-refractivity contribution is 7.92. The molecule has 4 rings (SSSR count). The maximum atomic E-state index is 13.1. The van der Waals surface area contributed by atoms with Crippen LogP contribution in [0.15, 0.2) is 77.1 Å². The van der Waals surface area contributed by atoms with Gasteiger partial charge in [-0.25, -0.2) is 18.4 Å². The molecule has 0 aliphatic carbocycles. The molecule has 1 amide bonds. The number of rotatable bonds is 8. The van der Waals surface area contributed by atoms with Gasteiger partial charge in [-0.15, -0.1) is 11.3 Å². The van der Waals surface area contributed by atoms with Gasteiger partial charge in [-0.3, -0.25) is 9.52 Å². The highest BCUT2D eigenvalue weighted by Gasteiger charge is 2.23. The predicted octanol–water partition coefficient (Wildman–Crippen LogP) is 3.76. The lowest BCUT2D eigenvalue weighted by atomic mass is 10.2. The number of ether oxygens (including phenoxy) is 1. The van der Waals surface area contributed by atoms with E-state index < -0.39 is 15.9 Å². The first-order valence-corrected chi connectivity index (χ1v) is 12.4. The number of amides is 1. The number of nitrogens with zero attached hydrogens (tertiary/aromatic N) is 2. The van der Waals surface area contributed by atoms with Crippen LogP contribution in [0.3, 0.4) is 0 Å². The fourth-order valence-corrected chi connectivity index (χ4v) is 5.14. The van der Waals surface area contributed by atoms with Gasteiger partial charge >= 0.3 is 0 Å². The normalized spacial score (nSPS) is 11.1. The summed E-state index contributed by atoms with van der Waals surface area (Å²) >= 11 is 1.33. The van der Waals surface area contributed by atoms with E-state index in [2.05, 4.69) is 20.0 Å². The summed E-state index contributed by atoms with van der Waals surface area (Å²) in [6, 6.07) is 17.2. The zero-order valence-corrected chi connectivity index (χ0v) is 19.6. The van der Waals surface area contributed by atoms with E-state index in [1.807, 2.05) is 30.3 Å². The number of aliphatic hydroxyl groups excluding tert-OH is 1. The Kier molecular flexibility index (Phi) is 6.87. The summed E-state index contributed by atoms with van der Waals surface area (Å²) in [4.78, 5) is 20.8. The Balaban J connectivity index is 1.59. The molecular weight excluding hydrogens is 476 g/mol. The molecule has 0 spiro atoms. The van der Waals surface area contributed by atoms with Crippen molar-refractivity contribution in [2.45, 2.75) is 11.5 Å². The molecule has 2 aromatic carbocycles. The number of methoxy groups -OCH3 is 1. The molecule has 11 heteroatoms. The molecule has 2 heterocycles. The average molecular weight is 497 g/mol. The van der Waals surface area contributed by atoms with Gasteiger partial charge in [-0.1, -0.05) is 48.5 Å². The molecule has 0 aliphatic rings. The van der Waals surface area contributed by atoms with Crippen LogP contribution in [0.5, 0.6) is 5.88 Å². The van der Waals surface area contributed by atoms with Crippen LogP contribution in [0.2, 0.25) is 0 Å². The second-order valence-corrected chi connectivity index (χ2v) is 9.52. The first-order valence-electron chi connectivity index (χ1n) is 9.99. The van der Waals surface area contributed by atoms with Gasteiger partial charge < -0.3 is 15.2 Å². The van der Waals surface area contributed by atoms with Gasteiger partial charge in [0.05, 0.1) is 31.3 Å². The second-order valence-electron chi connectivity index (χ2n) is 7.01. The van der Waals surface area contributed by atoms with Crippen molar-refractivity contribution in [3.8, 4) is 16.5 Å². The average Bonchev–Trinajstić information content (AvgIpc) is 3.35. The molecule has 0 atom stereocenters. The molecule has 0 aliphatic heterocycles. The Hall–Kier alpha value is -3.80. The first kappa shape index (κ1) is 23.4. The van der Waals surface area contributed by atoms with E-state index in [0.29, 0.717) is 10.6 Å². The van der Waals surface area contributed by atoms with Crippen LogP contribution in [0.1, 0.15) is 16.1 Å². The summed E-state index contributed by atoms with van der Waals surface area (Å²) in [7, 11) is -2.86. The minimum atomic E-state index is -4.16. The Labute approximate surface area is 200 Å². The SMILES string of the molecule is COc1ncc(NC(=O)c2csc(-c3ccccc3)n2)cc1S(=O)(=O)Nc1ccccc1CO. The maximum Gasteiger partial charge on any atom is 0.275 e. The van der Waals surface area contributed by atoms with Crippen molar-refractivity contribution in [2.75, 3.05) is 17.1 Å². The molecule has 174 valence electrons. The number of hydrogen-bond acceptors (Lipinski definition) is 8. The van der Waals surface area contributed by atoms with Crippen molar-refractivity contribution < 1.29 is 23.1 Å². The zero-order valence-electron chi connectivity index (χ0n) is 17.9. The van der Waals surface area contributed by atoms with Crippen LogP contribution in [0.4, 0.5) is 11.4 Å². The van der Waals surface area contributed by atoms with Gasteiger partial charge in [-0.05, 0) is 12.1 Å². The molecule has 0 fully saturated rings. The van der Waals surface area contributed by atoms with Gasteiger partial charge in [-0.2, -0.15) is 0 Å². The van der Waals surface area contributed by atoms with E-state index in [9.17, 15) is 18.3 Å². The number of carbonyl (C=O) groups excluding carboxylic acids is 1. The monoisotopic (exact) mass is 496 g/mol. The van der Waals surface area contributed by atoms with Crippen molar-refractivity contribution in [3.63, 3.8) is 0 Å². The smallest absolute Gasteiger partial charge is 0.275 e. The van der Waals surface area contributed by atoms with E-state index in [1.54, 1.807) is 23.6 Å². The number of hydrogen-bond donors (Lipinski definition) is 3. The summed E-state index contributed by atoms with van der Waals surface area (Å²) in [6.45, 7) is -0.344. The number of thiazole rings is 1. The van der Waals surface area contributed by atoms with Gasteiger partial charge in [0.15, 0.2) is 4.90 Å². The Bertz CT molecular complexity index is 1420. The van der Waals surface area contributed by atoms with E-state index in [0.717, 1.165) is 5.56 Å². The topological polar surface area (TPSA) is 131 Å². The van der Waals surface area contributed by atoms with Crippen LogP contribution >= 0.6 is 11.3 Å². The van der Waals surface area contributed by atoms with E-state index in [4.69, 9.17) is 4.74 Å². The fourth-order valence-electron chi connectivity index (χ4n) is 3.09. The zero-order chi connectivity index (χ0) is 24.1. The van der Waals surface area contributed by atoms with E-state index >= 15 is 0 Å². The van der Waals surface area contributed by atoms with Crippen molar-refractivity contribution in [2.24, 2.45) is 0 Å². The number of benzene rings is 2. The lowest BCUT2D eigenvalue weighted by molar-refractivity contribution is 0.102. The number of carbonyl (C=O) groups is 1. The van der Waals surface area contributed by atoms with Crippen molar-refractivity contribution in [1.82, 2.24) is 9.97 Å². The molecule has 0 unspecified atom stereocenters. The summed E-state index contributed by atoms with van der Waals surface area (Å²) in [6.07, 6.45) is 1.29. The molecule has 4 aromatic rings. The summed E-state index contributed by atoms with van der Waals surface area (Å²) < 4.78 is 33.7. The quantitative estimate of drug-likeness (QED) is 0.339. The van der Waals surface area contributed by atoms with Crippen molar-refractivity contribution >= 4 is 38.6 Å². The largest absolute Gasteiger partial charge is 0.480 e. The molecule has 0 bridgehead atoms.